The van der Waals surface area contributed by atoms with Crippen LogP contribution in [0.1, 0.15) is 19.4 Å². The minimum absolute atomic E-state index is 0.202. The van der Waals surface area contributed by atoms with E-state index in [-0.39, 0.29) is 5.91 Å². The van der Waals surface area contributed by atoms with Gasteiger partial charge in [-0.25, -0.2) is 0 Å². The fourth-order valence-electron chi connectivity index (χ4n) is 2.51. The zero-order chi connectivity index (χ0) is 17.1. The van der Waals surface area contributed by atoms with Crippen LogP contribution < -0.4 is 9.75 Å². The number of carbonyl (C=O) groups is 1. The lowest BCUT2D eigenvalue weighted by molar-refractivity contribution is -0.114. The van der Waals surface area contributed by atoms with Crippen molar-refractivity contribution >= 4 is 35.0 Å². The van der Waals surface area contributed by atoms with Gasteiger partial charge in [-0.15, -0.1) is 0 Å². The van der Waals surface area contributed by atoms with Crippen molar-refractivity contribution in [3.8, 4) is 5.75 Å². The highest BCUT2D eigenvalue weighted by molar-refractivity contribution is 6.37. The fourth-order valence-corrected chi connectivity index (χ4v) is 2.73. The van der Waals surface area contributed by atoms with E-state index < -0.39 is 0 Å². The molecule has 0 radical (unpaired) electrons. The van der Waals surface area contributed by atoms with Gasteiger partial charge in [-0.2, -0.15) is 10.1 Å². The summed E-state index contributed by atoms with van der Waals surface area (Å²) in [5.41, 5.74) is 2.59. The zero-order valence-corrected chi connectivity index (χ0v) is 14.2. The van der Waals surface area contributed by atoms with Crippen molar-refractivity contribution in [1.82, 2.24) is 0 Å². The predicted molar refractivity (Wildman–Crippen MR) is 97.6 cm³/mol. The number of carbonyl (C=O) groups excluding carboxylic acids is 1. The van der Waals surface area contributed by atoms with Crippen LogP contribution in [0.15, 0.2) is 59.2 Å². The van der Waals surface area contributed by atoms with Gasteiger partial charge >= 0.3 is 0 Å². The van der Waals surface area contributed by atoms with Crippen molar-refractivity contribution in [2.45, 2.75) is 13.8 Å². The first-order valence-corrected chi connectivity index (χ1v) is 8.07. The third-order valence-corrected chi connectivity index (χ3v) is 3.98. The first-order chi connectivity index (χ1) is 11.6. The molecule has 0 saturated carbocycles. The number of hydrogen-bond donors (Lipinski definition) is 0. The maximum absolute atomic E-state index is 12.8. The topological polar surface area (TPSA) is 41.9 Å². The molecule has 5 heteroatoms. The summed E-state index contributed by atoms with van der Waals surface area (Å²) in [6, 6.07) is 14.8. The standard InChI is InChI=1S/C19H17ClN2O2/c1-3-24-18-11-7-4-8-14(18)12-15-13(2)21-22(19(15)23)17-10-6-5-9-16(17)20/h4-12H,3H2,1-2H3. The van der Waals surface area contributed by atoms with Gasteiger partial charge in [0.05, 0.1) is 28.6 Å². The largest absolute Gasteiger partial charge is 0.493 e. The molecule has 0 bridgehead atoms. The molecule has 2 aromatic carbocycles. The molecule has 1 amide bonds. The molecule has 0 aliphatic carbocycles. The number of rotatable bonds is 4. The molecule has 4 nitrogen and oxygen atoms in total. The van der Waals surface area contributed by atoms with Crippen molar-refractivity contribution in [3.05, 3.63) is 64.7 Å². The molecule has 3 rings (SSSR count). The smallest absolute Gasteiger partial charge is 0.280 e. The zero-order valence-electron chi connectivity index (χ0n) is 13.5. The summed E-state index contributed by atoms with van der Waals surface area (Å²) in [5.74, 6) is 0.538. The molecule has 0 unspecified atom stereocenters. The average molecular weight is 341 g/mol. The summed E-state index contributed by atoms with van der Waals surface area (Å²) < 4.78 is 5.62. The van der Waals surface area contributed by atoms with Gasteiger partial charge in [-0.1, -0.05) is 41.9 Å². The van der Waals surface area contributed by atoms with Gasteiger partial charge in [0, 0.05) is 5.56 Å². The van der Waals surface area contributed by atoms with Gasteiger partial charge in [0.2, 0.25) is 0 Å². The van der Waals surface area contributed by atoms with E-state index >= 15 is 0 Å². The van der Waals surface area contributed by atoms with Crippen LogP contribution in [0.4, 0.5) is 5.69 Å². The second-order valence-corrected chi connectivity index (χ2v) is 5.69. The molecule has 122 valence electrons. The Morgan fingerprint density at radius 2 is 1.88 bits per heavy atom. The van der Waals surface area contributed by atoms with Crippen LogP contribution >= 0.6 is 11.6 Å². The van der Waals surface area contributed by atoms with E-state index in [1.54, 1.807) is 12.1 Å². The van der Waals surface area contributed by atoms with E-state index in [0.717, 1.165) is 11.3 Å². The fraction of sp³-hybridized carbons (Fsp3) is 0.158. The maximum atomic E-state index is 12.8. The van der Waals surface area contributed by atoms with Gasteiger partial charge in [0.25, 0.3) is 5.91 Å². The number of anilines is 1. The van der Waals surface area contributed by atoms with Gasteiger partial charge in [-0.3, -0.25) is 4.79 Å². The highest BCUT2D eigenvalue weighted by Crippen LogP contribution is 2.31. The van der Waals surface area contributed by atoms with Crippen molar-refractivity contribution in [2.24, 2.45) is 5.10 Å². The molecule has 0 N–H and O–H groups in total. The van der Waals surface area contributed by atoms with Crippen LogP contribution in [-0.4, -0.2) is 18.2 Å². The molecule has 2 aromatic rings. The van der Waals surface area contributed by atoms with Gasteiger partial charge in [-0.05, 0) is 38.1 Å². The lowest BCUT2D eigenvalue weighted by Crippen LogP contribution is -2.21. The van der Waals surface area contributed by atoms with Gasteiger partial charge in [0.15, 0.2) is 0 Å². The molecule has 0 spiro atoms. The first kappa shape index (κ1) is 16.3. The number of nitrogens with zero attached hydrogens (tertiary/aromatic N) is 2. The van der Waals surface area contributed by atoms with Crippen molar-refractivity contribution < 1.29 is 9.53 Å². The van der Waals surface area contributed by atoms with Crippen LogP contribution in [0.25, 0.3) is 6.08 Å². The predicted octanol–water partition coefficient (Wildman–Crippen LogP) is 4.54. The number of hydrogen-bond acceptors (Lipinski definition) is 3. The van der Waals surface area contributed by atoms with Crippen molar-refractivity contribution in [1.29, 1.82) is 0 Å². The van der Waals surface area contributed by atoms with Gasteiger partial charge in [0.1, 0.15) is 5.75 Å². The van der Waals surface area contributed by atoms with Crippen LogP contribution in [0.5, 0.6) is 5.75 Å². The van der Waals surface area contributed by atoms with Crippen molar-refractivity contribution in [3.63, 3.8) is 0 Å². The summed E-state index contributed by atoms with van der Waals surface area (Å²) in [6.45, 7) is 4.30. The highest BCUT2D eigenvalue weighted by atomic mass is 35.5. The molecule has 0 aromatic heterocycles. The van der Waals surface area contributed by atoms with E-state index in [4.69, 9.17) is 16.3 Å². The van der Waals surface area contributed by atoms with E-state index in [1.807, 2.05) is 56.3 Å². The quantitative estimate of drug-likeness (QED) is 0.766. The van der Waals surface area contributed by atoms with Crippen LogP contribution in [0, 0.1) is 0 Å². The second kappa shape index (κ2) is 6.89. The molecule has 0 saturated heterocycles. The second-order valence-electron chi connectivity index (χ2n) is 5.28. The summed E-state index contributed by atoms with van der Waals surface area (Å²) in [7, 11) is 0. The Labute approximate surface area is 146 Å². The van der Waals surface area contributed by atoms with E-state index in [0.29, 0.717) is 28.6 Å². The highest BCUT2D eigenvalue weighted by Gasteiger charge is 2.30. The molecule has 0 atom stereocenters. The third-order valence-electron chi connectivity index (χ3n) is 3.66. The van der Waals surface area contributed by atoms with E-state index in [1.165, 1.54) is 5.01 Å². The summed E-state index contributed by atoms with van der Waals surface area (Å²) in [5, 5.41) is 6.19. The molecular formula is C19H17ClN2O2. The Balaban J connectivity index is 1.98. The summed E-state index contributed by atoms with van der Waals surface area (Å²) >= 11 is 6.19. The van der Waals surface area contributed by atoms with E-state index in [9.17, 15) is 4.79 Å². The molecule has 24 heavy (non-hydrogen) atoms. The summed E-state index contributed by atoms with van der Waals surface area (Å²) in [6.07, 6.45) is 1.81. The number of para-hydroxylation sites is 2. The minimum Gasteiger partial charge on any atom is -0.493 e. The Bertz CT molecular complexity index is 843. The molecule has 1 heterocycles. The SMILES string of the molecule is CCOc1ccccc1C=C1C(=O)N(c2ccccc2Cl)N=C1C. The lowest BCUT2D eigenvalue weighted by atomic mass is 10.1. The maximum Gasteiger partial charge on any atom is 0.280 e. The average Bonchev–Trinajstić information content (AvgIpc) is 2.85. The number of hydrazone groups is 1. The molecule has 0 fully saturated rings. The number of amides is 1. The third kappa shape index (κ3) is 3.05. The minimum atomic E-state index is -0.202. The Kier molecular flexibility index (Phi) is 4.67. The monoisotopic (exact) mass is 340 g/mol. The lowest BCUT2D eigenvalue weighted by Gasteiger charge is -2.13. The Morgan fingerprint density at radius 3 is 2.62 bits per heavy atom. The Hall–Kier alpha value is -2.59. The summed E-state index contributed by atoms with van der Waals surface area (Å²) in [4.78, 5) is 12.8. The van der Waals surface area contributed by atoms with E-state index in [2.05, 4.69) is 5.10 Å². The van der Waals surface area contributed by atoms with Gasteiger partial charge < -0.3 is 4.74 Å². The number of halogens is 1. The van der Waals surface area contributed by atoms with Crippen LogP contribution in [0.3, 0.4) is 0 Å². The number of benzene rings is 2. The molecule has 1 aliphatic heterocycles. The van der Waals surface area contributed by atoms with Crippen LogP contribution in [0.2, 0.25) is 5.02 Å². The first-order valence-electron chi connectivity index (χ1n) is 7.70. The van der Waals surface area contributed by atoms with Crippen LogP contribution in [-0.2, 0) is 4.79 Å². The normalized spacial score (nSPS) is 15.8. The Morgan fingerprint density at radius 1 is 1.17 bits per heavy atom. The molecular weight excluding hydrogens is 324 g/mol. The number of ether oxygens (including phenoxy) is 1. The van der Waals surface area contributed by atoms with Crippen molar-refractivity contribution in [2.75, 3.05) is 11.6 Å². The molecule has 1 aliphatic rings.